The predicted octanol–water partition coefficient (Wildman–Crippen LogP) is 5.56. The number of hydrogen-bond acceptors (Lipinski definition) is 2. The molecule has 27 heavy (non-hydrogen) atoms. The van der Waals surface area contributed by atoms with Crippen LogP contribution in [0.15, 0.2) is 54.6 Å². The van der Waals surface area contributed by atoms with Crippen LogP contribution in [0.1, 0.15) is 37.7 Å². The fourth-order valence-corrected chi connectivity index (χ4v) is 5.03. The Morgan fingerprint density at radius 1 is 0.852 bits per heavy atom. The summed E-state index contributed by atoms with van der Waals surface area (Å²) in [6.45, 7) is 3.42. The lowest BCUT2D eigenvalue weighted by molar-refractivity contribution is 0.361. The molecule has 1 aliphatic carbocycles. The molecule has 1 saturated heterocycles. The van der Waals surface area contributed by atoms with Crippen molar-refractivity contribution in [3.63, 3.8) is 0 Å². The van der Waals surface area contributed by atoms with Gasteiger partial charge in [0.15, 0.2) is 0 Å². The van der Waals surface area contributed by atoms with Crippen LogP contribution in [0.4, 0.5) is 5.69 Å². The smallest absolute Gasteiger partial charge is 0.0407 e. The van der Waals surface area contributed by atoms with E-state index in [0.29, 0.717) is 17.9 Å². The van der Waals surface area contributed by atoms with Crippen molar-refractivity contribution in [2.75, 3.05) is 24.5 Å². The van der Waals surface area contributed by atoms with Gasteiger partial charge in [0.1, 0.15) is 0 Å². The molecule has 0 spiro atoms. The predicted molar refractivity (Wildman–Crippen MR) is 116 cm³/mol. The number of nitrogens with one attached hydrogen (secondary N) is 1. The molecule has 2 nitrogen and oxygen atoms in total. The summed E-state index contributed by atoms with van der Waals surface area (Å²) in [7, 11) is 0. The van der Waals surface area contributed by atoms with Gasteiger partial charge in [-0.05, 0) is 74.0 Å². The third-order valence-electron chi connectivity index (χ3n) is 6.43. The lowest BCUT2D eigenvalue weighted by Crippen LogP contribution is -2.42. The summed E-state index contributed by atoms with van der Waals surface area (Å²) in [5.41, 5.74) is 2.81. The zero-order valence-electron chi connectivity index (χ0n) is 16.1. The number of rotatable bonds is 6. The van der Waals surface area contributed by atoms with Gasteiger partial charge in [-0.25, -0.2) is 0 Å². The molecule has 0 unspecified atom stereocenters. The Balaban J connectivity index is 1.50. The van der Waals surface area contributed by atoms with E-state index in [1.165, 1.54) is 49.8 Å². The molecule has 2 aliphatic rings. The molecule has 1 aliphatic heterocycles. The quantitative estimate of drug-likeness (QED) is 0.703. The van der Waals surface area contributed by atoms with Gasteiger partial charge < -0.3 is 10.2 Å². The average molecular weight is 383 g/mol. The average Bonchev–Trinajstić information content (AvgIpc) is 3.15. The Hall–Kier alpha value is -1.51. The maximum Gasteiger partial charge on any atom is 0.0407 e. The molecule has 2 aromatic carbocycles. The second-order valence-electron chi connectivity index (χ2n) is 8.29. The molecule has 1 heterocycles. The lowest BCUT2D eigenvalue weighted by atomic mass is 9.87. The van der Waals surface area contributed by atoms with Gasteiger partial charge in [0.25, 0.3) is 0 Å². The number of benzene rings is 2. The Morgan fingerprint density at radius 3 is 2.30 bits per heavy atom. The van der Waals surface area contributed by atoms with Gasteiger partial charge in [0.2, 0.25) is 0 Å². The molecule has 0 aromatic heterocycles. The van der Waals surface area contributed by atoms with E-state index in [9.17, 15) is 0 Å². The molecule has 4 rings (SSSR count). The van der Waals surface area contributed by atoms with Crippen molar-refractivity contribution in [3.05, 3.63) is 65.2 Å². The highest BCUT2D eigenvalue weighted by molar-refractivity contribution is 6.30. The second kappa shape index (κ2) is 9.12. The van der Waals surface area contributed by atoms with Gasteiger partial charge in [-0.2, -0.15) is 0 Å². The number of nitrogens with zero attached hydrogens (tertiary/aromatic N) is 1. The molecule has 2 atom stereocenters. The van der Waals surface area contributed by atoms with Crippen LogP contribution in [0.3, 0.4) is 0 Å². The fourth-order valence-electron chi connectivity index (χ4n) is 4.90. The van der Waals surface area contributed by atoms with E-state index in [2.05, 4.69) is 52.7 Å². The number of hydrogen-bond donors (Lipinski definition) is 1. The third-order valence-corrected chi connectivity index (χ3v) is 6.68. The van der Waals surface area contributed by atoms with Gasteiger partial charge in [0, 0.05) is 23.3 Å². The summed E-state index contributed by atoms with van der Waals surface area (Å²) in [6.07, 6.45) is 7.96. The summed E-state index contributed by atoms with van der Waals surface area (Å²) in [6, 6.07) is 20.2. The fraction of sp³-hybridized carbons (Fsp3) is 0.500. The first-order valence-corrected chi connectivity index (χ1v) is 10.9. The van der Waals surface area contributed by atoms with Crippen molar-refractivity contribution < 1.29 is 0 Å². The second-order valence-corrected chi connectivity index (χ2v) is 8.73. The van der Waals surface area contributed by atoms with E-state index in [4.69, 9.17) is 11.6 Å². The largest absolute Gasteiger partial charge is 0.368 e. The monoisotopic (exact) mass is 382 g/mol. The maximum atomic E-state index is 6.16. The summed E-state index contributed by atoms with van der Waals surface area (Å²) in [4.78, 5) is 2.70. The highest BCUT2D eigenvalue weighted by atomic mass is 35.5. The van der Waals surface area contributed by atoms with Crippen molar-refractivity contribution in [3.8, 4) is 0 Å². The molecule has 3 heteroatoms. The van der Waals surface area contributed by atoms with Crippen molar-refractivity contribution in [2.24, 2.45) is 11.8 Å². The van der Waals surface area contributed by atoms with Crippen LogP contribution < -0.4 is 10.2 Å². The van der Waals surface area contributed by atoms with Crippen molar-refractivity contribution in [1.82, 2.24) is 5.32 Å². The summed E-state index contributed by atoms with van der Waals surface area (Å²) >= 11 is 6.16. The Labute approximate surface area is 168 Å². The Bertz CT molecular complexity index is 694. The number of anilines is 1. The van der Waals surface area contributed by atoms with E-state index >= 15 is 0 Å². The highest BCUT2D eigenvalue weighted by Crippen LogP contribution is 2.31. The van der Waals surface area contributed by atoms with Gasteiger partial charge in [0.05, 0.1) is 0 Å². The lowest BCUT2D eigenvalue weighted by Gasteiger charge is -2.39. The minimum absolute atomic E-state index is 0.679. The van der Waals surface area contributed by atoms with Gasteiger partial charge in [-0.3, -0.25) is 0 Å². The standard InChI is InChI=1S/C24H31ClN2/c25-22-11-13-24(14-12-22)27(23-9-5-2-6-10-23)18-21-17-26-16-20(21)15-19-7-3-1-4-8-19/h1,3-4,7-8,11-14,20-21,23,26H,2,5-6,9-10,15-18H2/t20-,21+/m0/s1. The minimum atomic E-state index is 0.679. The SMILES string of the molecule is Clc1ccc(N(C[C@H]2CNC[C@@H]2Cc2ccccc2)C2CCCCC2)cc1. The first kappa shape index (κ1) is 18.8. The topological polar surface area (TPSA) is 15.3 Å². The van der Waals surface area contributed by atoms with Crippen LogP contribution in [-0.2, 0) is 6.42 Å². The Morgan fingerprint density at radius 2 is 1.56 bits per heavy atom. The van der Waals surface area contributed by atoms with E-state index in [0.717, 1.165) is 24.7 Å². The van der Waals surface area contributed by atoms with Crippen LogP contribution in [-0.4, -0.2) is 25.7 Å². The minimum Gasteiger partial charge on any atom is -0.368 e. The van der Waals surface area contributed by atoms with Gasteiger partial charge in [-0.15, -0.1) is 0 Å². The van der Waals surface area contributed by atoms with Crippen molar-refractivity contribution in [1.29, 1.82) is 0 Å². The molecular weight excluding hydrogens is 352 g/mol. The summed E-state index contributed by atoms with van der Waals surface area (Å²) in [5.74, 6) is 1.41. The van der Waals surface area contributed by atoms with Crippen LogP contribution in [0.2, 0.25) is 5.02 Å². The first-order valence-electron chi connectivity index (χ1n) is 10.6. The summed E-state index contributed by atoms with van der Waals surface area (Å²) < 4.78 is 0. The highest BCUT2D eigenvalue weighted by Gasteiger charge is 2.31. The van der Waals surface area contributed by atoms with E-state index in [-0.39, 0.29) is 0 Å². The van der Waals surface area contributed by atoms with E-state index in [1.807, 2.05) is 12.1 Å². The van der Waals surface area contributed by atoms with Crippen molar-refractivity contribution >= 4 is 17.3 Å². The van der Waals surface area contributed by atoms with Crippen LogP contribution in [0.25, 0.3) is 0 Å². The molecule has 0 radical (unpaired) electrons. The third kappa shape index (κ3) is 4.86. The molecule has 1 N–H and O–H groups in total. The zero-order chi connectivity index (χ0) is 18.5. The van der Waals surface area contributed by atoms with Gasteiger partial charge in [-0.1, -0.05) is 61.2 Å². The zero-order valence-corrected chi connectivity index (χ0v) is 16.9. The van der Waals surface area contributed by atoms with Crippen LogP contribution >= 0.6 is 11.6 Å². The maximum absolute atomic E-state index is 6.16. The molecule has 0 bridgehead atoms. The Kier molecular flexibility index (Phi) is 6.36. The molecule has 0 amide bonds. The number of halogens is 1. The molecule has 2 fully saturated rings. The normalized spacial score (nSPS) is 23.4. The molecule has 1 saturated carbocycles. The van der Waals surface area contributed by atoms with E-state index in [1.54, 1.807) is 0 Å². The first-order chi connectivity index (χ1) is 13.3. The molecular formula is C24H31ClN2. The van der Waals surface area contributed by atoms with Crippen LogP contribution in [0, 0.1) is 11.8 Å². The summed E-state index contributed by atoms with van der Waals surface area (Å²) in [5, 5.41) is 4.49. The van der Waals surface area contributed by atoms with Crippen LogP contribution in [0.5, 0.6) is 0 Å². The molecule has 144 valence electrons. The van der Waals surface area contributed by atoms with Crippen molar-refractivity contribution in [2.45, 2.75) is 44.6 Å². The molecule has 2 aromatic rings. The van der Waals surface area contributed by atoms with E-state index < -0.39 is 0 Å². The van der Waals surface area contributed by atoms with Gasteiger partial charge >= 0.3 is 0 Å².